The van der Waals surface area contributed by atoms with Gasteiger partial charge in [-0.1, -0.05) is 52.8 Å². The van der Waals surface area contributed by atoms with E-state index in [4.69, 9.17) is 26.7 Å². The number of carbonyl (C=O) groups excluding carboxylic acids is 1. The summed E-state index contributed by atoms with van der Waals surface area (Å²) in [5, 5.41) is 15.9. The number of nitrogens with one attached hydrogen (secondary N) is 1. The van der Waals surface area contributed by atoms with Crippen LogP contribution in [0, 0.1) is 0 Å². The molecule has 0 spiro atoms. The lowest BCUT2D eigenvalue weighted by molar-refractivity contribution is -0.115. The van der Waals surface area contributed by atoms with Crippen LogP contribution in [0.1, 0.15) is 11.7 Å². The number of hydrogen-bond donors (Lipinski definition) is 2. The maximum atomic E-state index is 12.3. The Morgan fingerprint density at radius 2 is 2.09 bits per heavy atom. The predicted molar refractivity (Wildman–Crippen MR) is 120 cm³/mol. The third-order valence-corrected chi connectivity index (χ3v) is 5.44. The van der Waals surface area contributed by atoms with Gasteiger partial charge < -0.3 is 20.4 Å². The Kier molecular flexibility index (Phi) is 6.57. The normalized spacial score (nSPS) is 10.8. The van der Waals surface area contributed by atoms with Gasteiger partial charge in [-0.3, -0.25) is 4.79 Å². The van der Waals surface area contributed by atoms with Crippen LogP contribution in [0.3, 0.4) is 0 Å². The highest BCUT2D eigenvalue weighted by atomic mass is 35.5. The van der Waals surface area contributed by atoms with Gasteiger partial charge in [0.25, 0.3) is 0 Å². The number of amides is 1. The fraction of sp³-hybridized carbons (Fsp3) is 0.150. The van der Waals surface area contributed by atoms with Gasteiger partial charge in [0.2, 0.25) is 17.0 Å². The summed E-state index contributed by atoms with van der Waals surface area (Å²) < 4.78 is 11.8. The minimum Gasteiger partial charge on any atom is -0.495 e. The van der Waals surface area contributed by atoms with Crippen molar-refractivity contribution in [3.05, 3.63) is 65.3 Å². The summed E-state index contributed by atoms with van der Waals surface area (Å²) in [6.45, 7) is 0. The number of para-hydroxylation sites is 2. The lowest BCUT2D eigenvalue weighted by atomic mass is 10.2. The predicted octanol–water partition coefficient (Wildman–Crippen LogP) is 3.18. The van der Waals surface area contributed by atoms with E-state index in [1.807, 2.05) is 18.2 Å². The van der Waals surface area contributed by atoms with Crippen LogP contribution >= 0.6 is 23.4 Å². The van der Waals surface area contributed by atoms with Gasteiger partial charge in [-0.2, -0.15) is 4.98 Å². The first-order valence-corrected chi connectivity index (χ1v) is 10.7. The Hall–Kier alpha value is -3.57. The van der Waals surface area contributed by atoms with E-state index >= 15 is 0 Å². The molecule has 0 saturated heterocycles. The number of anilines is 1. The number of halogens is 1. The molecule has 0 aliphatic carbocycles. The summed E-state index contributed by atoms with van der Waals surface area (Å²) in [7, 11) is 1.54. The number of thioether (sulfide) groups is 1. The summed E-state index contributed by atoms with van der Waals surface area (Å²) >= 11 is 7.31. The lowest BCUT2D eigenvalue weighted by Gasteiger charge is -2.08. The highest BCUT2D eigenvalue weighted by Gasteiger charge is 2.16. The molecule has 2 aromatic heterocycles. The number of methoxy groups -OCH3 is 1. The summed E-state index contributed by atoms with van der Waals surface area (Å²) in [5.74, 6) is 7.78. The minimum absolute atomic E-state index is 0.0435. The summed E-state index contributed by atoms with van der Waals surface area (Å²) in [5.41, 5.74) is 1.32. The van der Waals surface area contributed by atoms with Gasteiger partial charge in [0.1, 0.15) is 5.75 Å². The average molecular weight is 472 g/mol. The molecule has 12 heteroatoms. The van der Waals surface area contributed by atoms with Crippen molar-refractivity contribution in [2.24, 2.45) is 0 Å². The van der Waals surface area contributed by atoms with Crippen LogP contribution in [-0.2, 0) is 17.0 Å². The van der Waals surface area contributed by atoms with E-state index in [1.165, 1.54) is 23.5 Å². The van der Waals surface area contributed by atoms with Crippen molar-refractivity contribution < 1.29 is 14.1 Å². The number of carbonyl (C=O) groups is 1. The Bertz CT molecular complexity index is 1240. The molecule has 10 nitrogen and oxygen atoms in total. The van der Waals surface area contributed by atoms with Crippen LogP contribution in [0.15, 0.2) is 58.2 Å². The van der Waals surface area contributed by atoms with Gasteiger partial charge >= 0.3 is 0 Å². The number of ether oxygens (including phenoxy) is 1. The minimum atomic E-state index is -0.289. The standard InChI is InChI=1S/C20H18ClN7O3S/c1-30-15-8-3-2-7-14(15)23-17(29)10-16-24-18(31-27-16)11-32-20-26-25-19(28(20)22)12-5-4-6-13(21)9-12/h2-9H,10-11,22H2,1H3,(H,23,29). The molecule has 0 unspecified atom stereocenters. The summed E-state index contributed by atoms with van der Waals surface area (Å²) in [6.07, 6.45) is -0.0435. The van der Waals surface area contributed by atoms with Gasteiger partial charge in [0.05, 0.1) is 25.0 Å². The maximum Gasteiger partial charge on any atom is 0.237 e. The molecule has 0 radical (unpaired) electrons. The molecule has 4 rings (SSSR count). The number of nitrogens with two attached hydrogens (primary N) is 1. The van der Waals surface area contributed by atoms with Gasteiger partial charge in [-0.25, -0.2) is 4.68 Å². The summed E-state index contributed by atoms with van der Waals surface area (Å²) in [4.78, 5) is 16.6. The molecule has 4 aromatic rings. The van der Waals surface area contributed by atoms with Crippen molar-refractivity contribution in [3.63, 3.8) is 0 Å². The number of nitrogens with zero attached hydrogens (tertiary/aromatic N) is 5. The molecule has 0 aliphatic heterocycles. The number of rotatable bonds is 8. The van der Waals surface area contributed by atoms with E-state index in [-0.39, 0.29) is 18.2 Å². The zero-order valence-corrected chi connectivity index (χ0v) is 18.4. The van der Waals surface area contributed by atoms with Crippen LogP contribution in [0.25, 0.3) is 11.4 Å². The maximum absolute atomic E-state index is 12.3. The Balaban J connectivity index is 1.35. The van der Waals surface area contributed by atoms with E-state index < -0.39 is 0 Å². The van der Waals surface area contributed by atoms with E-state index in [2.05, 4.69) is 25.7 Å². The van der Waals surface area contributed by atoms with E-state index in [1.54, 1.807) is 30.3 Å². The van der Waals surface area contributed by atoms with E-state index in [9.17, 15) is 4.79 Å². The van der Waals surface area contributed by atoms with Crippen LogP contribution < -0.4 is 15.9 Å². The highest BCUT2D eigenvalue weighted by molar-refractivity contribution is 7.98. The average Bonchev–Trinajstić information content (AvgIpc) is 3.38. The second-order valence-corrected chi connectivity index (χ2v) is 7.88. The first kappa shape index (κ1) is 21.7. The van der Waals surface area contributed by atoms with Gasteiger partial charge in [-0.05, 0) is 24.3 Å². The van der Waals surface area contributed by atoms with Crippen molar-refractivity contribution in [2.75, 3.05) is 18.3 Å². The highest BCUT2D eigenvalue weighted by Crippen LogP contribution is 2.26. The zero-order valence-electron chi connectivity index (χ0n) is 16.9. The van der Waals surface area contributed by atoms with Crippen LogP contribution in [0.5, 0.6) is 5.75 Å². The molecule has 2 aromatic carbocycles. The third-order valence-electron chi connectivity index (χ3n) is 4.28. The molecule has 3 N–H and O–H groups in total. The SMILES string of the molecule is COc1ccccc1NC(=O)Cc1noc(CSc2nnc(-c3cccc(Cl)c3)n2N)n1. The van der Waals surface area contributed by atoms with Crippen molar-refractivity contribution in [1.29, 1.82) is 0 Å². The number of nitrogen functional groups attached to an aromatic ring is 1. The first-order chi connectivity index (χ1) is 15.5. The molecular formula is C20H18ClN7O3S. The van der Waals surface area contributed by atoms with Crippen molar-refractivity contribution in [2.45, 2.75) is 17.3 Å². The van der Waals surface area contributed by atoms with E-state index in [0.717, 1.165) is 5.56 Å². The molecule has 1 amide bonds. The second-order valence-electron chi connectivity index (χ2n) is 6.50. The van der Waals surface area contributed by atoms with Crippen LogP contribution in [0.4, 0.5) is 5.69 Å². The fourth-order valence-corrected chi connectivity index (χ4v) is 3.72. The quantitative estimate of drug-likeness (QED) is 0.293. The second kappa shape index (κ2) is 9.71. The largest absolute Gasteiger partial charge is 0.495 e. The molecule has 32 heavy (non-hydrogen) atoms. The van der Waals surface area contributed by atoms with E-state index in [0.29, 0.717) is 39.1 Å². The van der Waals surface area contributed by atoms with Gasteiger partial charge in [0.15, 0.2) is 11.6 Å². The molecule has 0 aliphatic rings. The molecule has 0 fully saturated rings. The Morgan fingerprint density at radius 1 is 1.25 bits per heavy atom. The molecule has 2 heterocycles. The molecule has 0 bridgehead atoms. The van der Waals surface area contributed by atoms with Gasteiger partial charge in [-0.15, -0.1) is 10.2 Å². The van der Waals surface area contributed by atoms with Crippen LogP contribution in [-0.4, -0.2) is 38.0 Å². The van der Waals surface area contributed by atoms with Crippen molar-refractivity contribution in [1.82, 2.24) is 25.0 Å². The Labute approximate surface area is 192 Å². The zero-order chi connectivity index (χ0) is 22.5. The lowest BCUT2D eigenvalue weighted by Crippen LogP contribution is -2.15. The Morgan fingerprint density at radius 3 is 2.91 bits per heavy atom. The molecule has 0 atom stereocenters. The monoisotopic (exact) mass is 471 g/mol. The van der Waals surface area contributed by atoms with Crippen LogP contribution in [0.2, 0.25) is 5.02 Å². The molecule has 164 valence electrons. The van der Waals surface area contributed by atoms with Gasteiger partial charge in [0, 0.05) is 10.6 Å². The third kappa shape index (κ3) is 5.01. The number of aromatic nitrogens is 5. The number of hydrogen-bond acceptors (Lipinski definition) is 9. The molecular weight excluding hydrogens is 454 g/mol. The smallest absolute Gasteiger partial charge is 0.237 e. The molecule has 0 saturated carbocycles. The van der Waals surface area contributed by atoms with Crippen molar-refractivity contribution in [3.8, 4) is 17.1 Å². The fourth-order valence-electron chi connectivity index (χ4n) is 2.83. The first-order valence-electron chi connectivity index (χ1n) is 9.37. The summed E-state index contributed by atoms with van der Waals surface area (Å²) in [6, 6.07) is 14.3. The number of benzene rings is 2. The van der Waals surface area contributed by atoms with Crippen molar-refractivity contribution >= 4 is 35.0 Å². The topological polar surface area (TPSA) is 134 Å².